The smallest absolute Gasteiger partial charge is 0.227 e. The molecule has 1 unspecified atom stereocenters. The van der Waals surface area contributed by atoms with Crippen molar-refractivity contribution < 1.29 is 9.53 Å². The predicted octanol–water partition coefficient (Wildman–Crippen LogP) is 4.75. The molecule has 0 bridgehead atoms. The zero-order valence-electron chi connectivity index (χ0n) is 18.1. The fraction of sp³-hybridized carbons (Fsp3) is 0.222. The van der Waals surface area contributed by atoms with E-state index in [2.05, 4.69) is 35.3 Å². The highest BCUT2D eigenvalue weighted by atomic mass is 16.5. The van der Waals surface area contributed by atoms with Crippen LogP contribution in [0.15, 0.2) is 79.0 Å². The number of aromatic nitrogens is 2. The van der Waals surface area contributed by atoms with Gasteiger partial charge < -0.3 is 9.64 Å². The van der Waals surface area contributed by atoms with Crippen molar-refractivity contribution in [3.8, 4) is 22.4 Å². The van der Waals surface area contributed by atoms with Crippen molar-refractivity contribution in [1.29, 1.82) is 0 Å². The number of benzene rings is 2. The Morgan fingerprint density at radius 3 is 2.44 bits per heavy atom. The minimum absolute atomic E-state index is 0.114. The Morgan fingerprint density at radius 2 is 1.75 bits per heavy atom. The molecule has 1 atom stereocenters. The summed E-state index contributed by atoms with van der Waals surface area (Å²) in [5.41, 5.74) is 5.69. The minimum atomic E-state index is 0.114. The summed E-state index contributed by atoms with van der Waals surface area (Å²) < 4.78 is 5.39. The van der Waals surface area contributed by atoms with E-state index >= 15 is 0 Å². The van der Waals surface area contributed by atoms with Crippen LogP contribution in [0.1, 0.15) is 12.0 Å². The van der Waals surface area contributed by atoms with Gasteiger partial charge in [0.05, 0.1) is 18.2 Å². The Balaban J connectivity index is 1.51. The van der Waals surface area contributed by atoms with Crippen LogP contribution in [0.3, 0.4) is 0 Å². The summed E-state index contributed by atoms with van der Waals surface area (Å²) in [6.45, 7) is 1.41. The summed E-state index contributed by atoms with van der Waals surface area (Å²) >= 11 is 0. The molecule has 0 radical (unpaired) electrons. The van der Waals surface area contributed by atoms with Crippen LogP contribution in [0.2, 0.25) is 0 Å². The topological polar surface area (TPSA) is 55.3 Å². The van der Waals surface area contributed by atoms with Gasteiger partial charge in [0.15, 0.2) is 5.65 Å². The van der Waals surface area contributed by atoms with Crippen molar-refractivity contribution in [2.75, 3.05) is 20.2 Å². The van der Waals surface area contributed by atoms with E-state index in [-0.39, 0.29) is 12.0 Å². The van der Waals surface area contributed by atoms with Crippen LogP contribution in [0.4, 0.5) is 0 Å². The molecule has 5 nitrogen and oxygen atoms in total. The molecule has 4 aromatic rings. The van der Waals surface area contributed by atoms with Gasteiger partial charge in [-0.25, -0.2) is 9.97 Å². The number of pyridine rings is 2. The number of hydrogen-bond donors (Lipinski definition) is 0. The molecule has 2 aromatic heterocycles. The SMILES string of the molecule is COC1CCN(C(=O)Cc2cnc3nc(-c4ccccc4)c(-c4ccccc4)cc3c2)C1. The molecule has 1 amide bonds. The first kappa shape index (κ1) is 20.3. The van der Waals surface area contributed by atoms with Gasteiger partial charge in [0.25, 0.3) is 0 Å². The molecule has 1 aliphatic heterocycles. The van der Waals surface area contributed by atoms with Crippen LogP contribution in [-0.2, 0) is 16.0 Å². The lowest BCUT2D eigenvalue weighted by atomic mass is 9.98. The van der Waals surface area contributed by atoms with Crippen LogP contribution in [0, 0.1) is 0 Å². The molecule has 32 heavy (non-hydrogen) atoms. The lowest BCUT2D eigenvalue weighted by Crippen LogP contribution is -2.31. The number of likely N-dealkylation sites (tertiary alicyclic amines) is 1. The molecule has 0 aliphatic carbocycles. The number of rotatable bonds is 5. The van der Waals surface area contributed by atoms with Crippen molar-refractivity contribution in [2.45, 2.75) is 18.9 Å². The maximum absolute atomic E-state index is 12.8. The Hall–Kier alpha value is -3.57. The minimum Gasteiger partial charge on any atom is -0.380 e. The summed E-state index contributed by atoms with van der Waals surface area (Å²) in [6, 6.07) is 24.6. The maximum Gasteiger partial charge on any atom is 0.227 e. The molecule has 5 heteroatoms. The van der Waals surface area contributed by atoms with Crippen LogP contribution < -0.4 is 0 Å². The quantitative estimate of drug-likeness (QED) is 0.465. The number of nitrogens with zero attached hydrogens (tertiary/aromatic N) is 3. The Bertz CT molecular complexity index is 1240. The second-order valence-corrected chi connectivity index (χ2v) is 8.17. The summed E-state index contributed by atoms with van der Waals surface area (Å²) in [6.07, 6.45) is 3.14. The number of carbonyl (C=O) groups excluding carboxylic acids is 1. The van der Waals surface area contributed by atoms with Gasteiger partial charge in [0.1, 0.15) is 0 Å². The van der Waals surface area contributed by atoms with Crippen LogP contribution in [-0.4, -0.2) is 47.1 Å². The maximum atomic E-state index is 12.8. The highest BCUT2D eigenvalue weighted by molar-refractivity contribution is 5.90. The van der Waals surface area contributed by atoms with E-state index in [4.69, 9.17) is 9.72 Å². The van der Waals surface area contributed by atoms with E-state index < -0.39 is 0 Å². The van der Waals surface area contributed by atoms with Crippen molar-refractivity contribution in [2.24, 2.45) is 0 Å². The largest absolute Gasteiger partial charge is 0.380 e. The lowest BCUT2D eigenvalue weighted by Gasteiger charge is -2.16. The van der Waals surface area contributed by atoms with Gasteiger partial charge in [-0.1, -0.05) is 60.7 Å². The first-order chi connectivity index (χ1) is 15.7. The van der Waals surface area contributed by atoms with Crippen molar-refractivity contribution in [1.82, 2.24) is 14.9 Å². The van der Waals surface area contributed by atoms with E-state index in [1.165, 1.54) is 0 Å². The fourth-order valence-electron chi connectivity index (χ4n) is 4.29. The van der Waals surface area contributed by atoms with Gasteiger partial charge in [0, 0.05) is 42.9 Å². The normalized spacial score (nSPS) is 15.9. The van der Waals surface area contributed by atoms with E-state index in [1.807, 2.05) is 47.4 Å². The second kappa shape index (κ2) is 8.89. The molecule has 0 spiro atoms. The number of carbonyl (C=O) groups is 1. The lowest BCUT2D eigenvalue weighted by molar-refractivity contribution is -0.129. The summed E-state index contributed by atoms with van der Waals surface area (Å²) in [5, 5.41) is 0.935. The van der Waals surface area contributed by atoms with E-state index in [1.54, 1.807) is 13.3 Å². The molecule has 160 valence electrons. The third kappa shape index (κ3) is 4.12. The van der Waals surface area contributed by atoms with Gasteiger partial charge in [-0.3, -0.25) is 4.79 Å². The average Bonchev–Trinajstić information content (AvgIpc) is 3.34. The van der Waals surface area contributed by atoms with Crippen LogP contribution >= 0.6 is 0 Å². The number of fused-ring (bicyclic) bond motifs is 1. The number of ether oxygens (including phenoxy) is 1. The molecular formula is C27H25N3O2. The first-order valence-corrected chi connectivity index (χ1v) is 10.9. The number of hydrogen-bond acceptors (Lipinski definition) is 4. The van der Waals surface area contributed by atoms with Gasteiger partial charge >= 0.3 is 0 Å². The Kier molecular flexibility index (Phi) is 5.65. The fourth-order valence-corrected chi connectivity index (χ4v) is 4.29. The standard InChI is InChI=1S/C27H25N3O2/c1-32-23-12-13-30(18-23)25(31)15-19-14-22-16-24(20-8-4-2-5-9-20)26(29-27(22)28-17-19)21-10-6-3-7-11-21/h2-11,14,16-17,23H,12-13,15,18H2,1H3. The summed E-state index contributed by atoms with van der Waals surface area (Å²) in [5.74, 6) is 0.114. The predicted molar refractivity (Wildman–Crippen MR) is 126 cm³/mol. The molecule has 0 saturated carbocycles. The monoisotopic (exact) mass is 423 g/mol. The molecule has 1 saturated heterocycles. The number of amides is 1. The molecule has 5 rings (SSSR count). The van der Waals surface area contributed by atoms with E-state index in [9.17, 15) is 4.79 Å². The zero-order chi connectivity index (χ0) is 21.9. The van der Waals surface area contributed by atoms with Crippen molar-refractivity contribution >= 4 is 16.9 Å². The summed E-state index contributed by atoms with van der Waals surface area (Å²) in [7, 11) is 1.70. The van der Waals surface area contributed by atoms with E-state index in [0.717, 1.165) is 46.3 Å². The van der Waals surface area contributed by atoms with Crippen LogP contribution in [0.25, 0.3) is 33.4 Å². The number of methoxy groups -OCH3 is 1. The molecule has 3 heterocycles. The zero-order valence-corrected chi connectivity index (χ0v) is 18.1. The highest BCUT2D eigenvalue weighted by Crippen LogP contribution is 2.33. The van der Waals surface area contributed by atoms with Gasteiger partial charge in [0.2, 0.25) is 5.91 Å². The third-order valence-electron chi connectivity index (χ3n) is 6.04. The molecular weight excluding hydrogens is 398 g/mol. The van der Waals surface area contributed by atoms with Crippen molar-refractivity contribution in [3.05, 3.63) is 84.6 Å². The average molecular weight is 424 g/mol. The van der Waals surface area contributed by atoms with Gasteiger partial charge in [-0.05, 0) is 29.7 Å². The van der Waals surface area contributed by atoms with Crippen molar-refractivity contribution in [3.63, 3.8) is 0 Å². The van der Waals surface area contributed by atoms with Gasteiger partial charge in [-0.15, -0.1) is 0 Å². The molecule has 2 aromatic carbocycles. The molecule has 1 fully saturated rings. The van der Waals surface area contributed by atoms with E-state index in [0.29, 0.717) is 18.6 Å². The first-order valence-electron chi connectivity index (χ1n) is 10.9. The Labute approximate surface area is 187 Å². The second-order valence-electron chi connectivity index (χ2n) is 8.17. The van der Waals surface area contributed by atoms with Gasteiger partial charge in [-0.2, -0.15) is 0 Å². The summed E-state index contributed by atoms with van der Waals surface area (Å²) in [4.78, 5) is 24.2. The Morgan fingerprint density at radius 1 is 1.03 bits per heavy atom. The molecule has 1 aliphatic rings. The van der Waals surface area contributed by atoms with Crippen LogP contribution in [0.5, 0.6) is 0 Å². The highest BCUT2D eigenvalue weighted by Gasteiger charge is 2.26. The molecule has 0 N–H and O–H groups in total. The third-order valence-corrected chi connectivity index (χ3v) is 6.04.